The molecule has 1 heterocycles. The molecule has 2 rings (SSSR count). The lowest BCUT2D eigenvalue weighted by atomic mass is 10.2. The predicted octanol–water partition coefficient (Wildman–Crippen LogP) is 1.24. The van der Waals surface area contributed by atoms with Gasteiger partial charge in [0.1, 0.15) is 0 Å². The van der Waals surface area contributed by atoms with Crippen molar-refractivity contribution in [3.8, 4) is 17.6 Å². The number of amides is 1. The third-order valence-electron chi connectivity index (χ3n) is 3.20. The number of rotatable bonds is 6. The number of hydrogen-bond donors (Lipinski definition) is 1. The Bertz CT molecular complexity index is 533. The highest BCUT2D eigenvalue weighted by Crippen LogP contribution is 2.27. The first-order chi connectivity index (χ1) is 10.2. The maximum absolute atomic E-state index is 11.7. The molecule has 21 heavy (non-hydrogen) atoms. The van der Waals surface area contributed by atoms with E-state index in [2.05, 4.69) is 5.32 Å². The molecule has 1 aromatic carbocycles. The first kappa shape index (κ1) is 15.1. The highest BCUT2D eigenvalue weighted by Gasteiger charge is 2.16. The van der Waals surface area contributed by atoms with E-state index >= 15 is 0 Å². The molecule has 0 bridgehead atoms. The fraction of sp³-hybridized carbons (Fsp3) is 0.467. The number of benzene rings is 1. The summed E-state index contributed by atoms with van der Waals surface area (Å²) in [6, 6.07) is 6.81. The van der Waals surface area contributed by atoms with Gasteiger partial charge in [0.15, 0.2) is 18.1 Å². The van der Waals surface area contributed by atoms with Gasteiger partial charge >= 0.3 is 0 Å². The summed E-state index contributed by atoms with van der Waals surface area (Å²) in [4.78, 5) is 11.7. The van der Waals surface area contributed by atoms with Gasteiger partial charge in [-0.25, -0.2) is 0 Å². The van der Waals surface area contributed by atoms with Gasteiger partial charge in [0.05, 0.1) is 24.8 Å². The van der Waals surface area contributed by atoms with Crippen molar-refractivity contribution in [3.63, 3.8) is 0 Å². The molecule has 1 fully saturated rings. The summed E-state index contributed by atoms with van der Waals surface area (Å²) in [5.74, 6) is 0.654. The minimum absolute atomic E-state index is 0.102. The average molecular weight is 290 g/mol. The first-order valence-electron chi connectivity index (χ1n) is 6.82. The Morgan fingerprint density at radius 1 is 1.52 bits per heavy atom. The maximum atomic E-state index is 11.7. The monoisotopic (exact) mass is 290 g/mol. The fourth-order valence-electron chi connectivity index (χ4n) is 2.08. The van der Waals surface area contributed by atoms with Crippen molar-refractivity contribution in [2.24, 2.45) is 0 Å². The van der Waals surface area contributed by atoms with Gasteiger partial charge in [-0.1, -0.05) is 0 Å². The molecule has 1 atom stereocenters. The number of hydrogen-bond acceptors (Lipinski definition) is 5. The van der Waals surface area contributed by atoms with Gasteiger partial charge in [0, 0.05) is 19.2 Å². The molecule has 1 amide bonds. The molecule has 0 radical (unpaired) electrons. The molecule has 0 saturated carbocycles. The number of nitriles is 1. The molecule has 0 aromatic heterocycles. The molecular formula is C15H18N2O4. The second-order valence-corrected chi connectivity index (χ2v) is 4.71. The van der Waals surface area contributed by atoms with Gasteiger partial charge in [-0.2, -0.15) is 5.26 Å². The van der Waals surface area contributed by atoms with Crippen LogP contribution in [0.4, 0.5) is 0 Å². The molecular weight excluding hydrogens is 272 g/mol. The van der Waals surface area contributed by atoms with E-state index in [-0.39, 0.29) is 18.6 Å². The molecule has 0 unspecified atom stereocenters. The molecule has 6 heteroatoms. The third-order valence-corrected chi connectivity index (χ3v) is 3.20. The Hall–Kier alpha value is -2.26. The van der Waals surface area contributed by atoms with E-state index in [4.69, 9.17) is 19.5 Å². The molecule has 1 saturated heterocycles. The molecule has 1 aromatic rings. The van der Waals surface area contributed by atoms with Gasteiger partial charge in [-0.15, -0.1) is 0 Å². The van der Waals surface area contributed by atoms with Crippen LogP contribution in [0.2, 0.25) is 0 Å². The number of carbonyl (C=O) groups excluding carboxylic acids is 1. The van der Waals surface area contributed by atoms with Gasteiger partial charge in [0.25, 0.3) is 5.91 Å². The van der Waals surface area contributed by atoms with E-state index in [1.807, 2.05) is 6.07 Å². The van der Waals surface area contributed by atoms with E-state index in [1.165, 1.54) is 7.11 Å². The van der Waals surface area contributed by atoms with Crippen LogP contribution in [0.1, 0.15) is 18.4 Å². The lowest BCUT2D eigenvalue weighted by molar-refractivity contribution is -0.123. The van der Waals surface area contributed by atoms with Gasteiger partial charge < -0.3 is 19.5 Å². The second kappa shape index (κ2) is 7.50. The summed E-state index contributed by atoms with van der Waals surface area (Å²) in [7, 11) is 1.49. The first-order valence-corrected chi connectivity index (χ1v) is 6.82. The number of nitrogens with one attached hydrogen (secondary N) is 1. The topological polar surface area (TPSA) is 80.6 Å². The minimum atomic E-state index is -0.211. The summed E-state index contributed by atoms with van der Waals surface area (Å²) in [6.45, 7) is 1.17. The zero-order chi connectivity index (χ0) is 15.1. The molecule has 1 aliphatic heterocycles. The third kappa shape index (κ3) is 4.36. The van der Waals surface area contributed by atoms with Crippen molar-refractivity contribution >= 4 is 5.91 Å². The van der Waals surface area contributed by atoms with Gasteiger partial charge in [-0.05, 0) is 25.0 Å². The fourth-order valence-corrected chi connectivity index (χ4v) is 2.08. The van der Waals surface area contributed by atoms with Crippen molar-refractivity contribution < 1.29 is 19.0 Å². The number of nitrogens with zero attached hydrogens (tertiary/aromatic N) is 1. The van der Waals surface area contributed by atoms with Gasteiger partial charge in [-0.3, -0.25) is 4.79 Å². The normalized spacial score (nSPS) is 17.0. The summed E-state index contributed by atoms with van der Waals surface area (Å²) < 4.78 is 16.0. The van der Waals surface area contributed by atoms with Crippen molar-refractivity contribution in [2.45, 2.75) is 18.9 Å². The highest BCUT2D eigenvalue weighted by atomic mass is 16.5. The van der Waals surface area contributed by atoms with Gasteiger partial charge in [0.2, 0.25) is 0 Å². The van der Waals surface area contributed by atoms with Crippen LogP contribution in [0.15, 0.2) is 18.2 Å². The van der Waals surface area contributed by atoms with Crippen LogP contribution in [0.25, 0.3) is 0 Å². The van der Waals surface area contributed by atoms with E-state index in [0.29, 0.717) is 23.6 Å². The predicted molar refractivity (Wildman–Crippen MR) is 75.2 cm³/mol. The molecule has 0 aliphatic carbocycles. The van der Waals surface area contributed by atoms with E-state index < -0.39 is 0 Å². The van der Waals surface area contributed by atoms with Crippen LogP contribution in [-0.2, 0) is 9.53 Å². The minimum Gasteiger partial charge on any atom is -0.493 e. The van der Waals surface area contributed by atoms with Crippen molar-refractivity contribution in [1.82, 2.24) is 5.32 Å². The van der Waals surface area contributed by atoms with Crippen LogP contribution in [-0.4, -0.2) is 38.9 Å². The largest absolute Gasteiger partial charge is 0.493 e. The molecule has 6 nitrogen and oxygen atoms in total. The Labute approximate surface area is 123 Å². The summed E-state index contributed by atoms with van der Waals surface area (Å²) in [5, 5.41) is 11.6. The number of carbonyl (C=O) groups is 1. The van der Waals surface area contributed by atoms with Crippen LogP contribution in [0.5, 0.6) is 11.5 Å². The Balaban J connectivity index is 1.81. The molecule has 1 N–H and O–H groups in total. The molecule has 0 spiro atoms. The maximum Gasteiger partial charge on any atom is 0.258 e. The van der Waals surface area contributed by atoms with Crippen LogP contribution >= 0.6 is 0 Å². The van der Waals surface area contributed by atoms with Crippen LogP contribution < -0.4 is 14.8 Å². The second-order valence-electron chi connectivity index (χ2n) is 4.71. The summed E-state index contributed by atoms with van der Waals surface area (Å²) in [6.07, 6.45) is 2.13. The SMILES string of the molecule is COc1cc(C#N)ccc1OCC(=O)NC[C@H]1CCCO1. The summed E-state index contributed by atoms with van der Waals surface area (Å²) in [5.41, 5.74) is 0.474. The lowest BCUT2D eigenvalue weighted by Crippen LogP contribution is -2.35. The Morgan fingerprint density at radius 3 is 3.05 bits per heavy atom. The van der Waals surface area contributed by atoms with Crippen molar-refractivity contribution in [3.05, 3.63) is 23.8 Å². The smallest absolute Gasteiger partial charge is 0.258 e. The van der Waals surface area contributed by atoms with Crippen molar-refractivity contribution in [1.29, 1.82) is 5.26 Å². The number of methoxy groups -OCH3 is 1. The van der Waals surface area contributed by atoms with Crippen LogP contribution in [0.3, 0.4) is 0 Å². The molecule has 112 valence electrons. The quantitative estimate of drug-likeness (QED) is 0.852. The summed E-state index contributed by atoms with van der Waals surface area (Å²) >= 11 is 0. The van der Waals surface area contributed by atoms with E-state index in [9.17, 15) is 4.79 Å². The number of ether oxygens (including phenoxy) is 3. The Kier molecular flexibility index (Phi) is 5.41. The lowest BCUT2D eigenvalue weighted by Gasteiger charge is -2.13. The van der Waals surface area contributed by atoms with Crippen molar-refractivity contribution in [2.75, 3.05) is 26.9 Å². The van der Waals surface area contributed by atoms with E-state index in [1.54, 1.807) is 18.2 Å². The Morgan fingerprint density at radius 2 is 2.38 bits per heavy atom. The van der Waals surface area contributed by atoms with E-state index in [0.717, 1.165) is 19.4 Å². The standard InChI is InChI=1S/C15H18N2O4/c1-19-14-7-11(8-16)4-5-13(14)21-10-15(18)17-9-12-3-2-6-20-12/h4-5,7,12H,2-3,6,9-10H2,1H3,(H,17,18)/t12-/m1/s1. The average Bonchev–Trinajstić information content (AvgIpc) is 3.04. The van der Waals surface area contributed by atoms with Crippen LogP contribution in [0, 0.1) is 11.3 Å². The zero-order valence-corrected chi connectivity index (χ0v) is 11.9. The zero-order valence-electron chi connectivity index (χ0n) is 11.9. The molecule has 1 aliphatic rings. The highest BCUT2D eigenvalue weighted by molar-refractivity contribution is 5.77.